The van der Waals surface area contributed by atoms with E-state index in [1.807, 2.05) is 6.07 Å². The maximum atomic E-state index is 11.6. The molecule has 2 aromatic carbocycles. The Balaban J connectivity index is 2.95. The summed E-state index contributed by atoms with van der Waals surface area (Å²) in [5.41, 5.74) is 7.58. The summed E-state index contributed by atoms with van der Waals surface area (Å²) in [5, 5.41) is 1.41. The number of benzene rings is 2. The molecule has 2 N–H and O–H groups in total. The van der Waals surface area contributed by atoms with Crippen molar-refractivity contribution in [3.05, 3.63) is 41.5 Å². The predicted molar refractivity (Wildman–Crippen MR) is 68.4 cm³/mol. The molecule has 0 amide bonds. The van der Waals surface area contributed by atoms with E-state index in [1.165, 1.54) is 13.8 Å². The Morgan fingerprint density at radius 1 is 0.941 bits per heavy atom. The summed E-state index contributed by atoms with van der Waals surface area (Å²) in [4.78, 5) is 23.1. The number of Topliss-reactive ketones (excluding diaryl/α,β-unsaturated/α-hetero) is 2. The SMILES string of the molecule is CC(=O)c1ccc(N)c2c(C(C)=O)cccc12. The predicted octanol–water partition coefficient (Wildman–Crippen LogP) is 2.83. The number of rotatable bonds is 2. The molecule has 0 heterocycles. The second-order valence-electron chi connectivity index (χ2n) is 4.04. The summed E-state index contributed by atoms with van der Waals surface area (Å²) < 4.78 is 0. The highest BCUT2D eigenvalue weighted by Crippen LogP contribution is 2.28. The van der Waals surface area contributed by atoms with Crippen LogP contribution in [0, 0.1) is 0 Å². The molecular formula is C14H13NO2. The van der Waals surface area contributed by atoms with Crippen LogP contribution < -0.4 is 5.73 Å². The van der Waals surface area contributed by atoms with E-state index < -0.39 is 0 Å². The number of nitrogen functional groups attached to an aromatic ring is 1. The molecule has 0 fully saturated rings. The van der Waals surface area contributed by atoms with Crippen molar-refractivity contribution in [2.45, 2.75) is 13.8 Å². The third-order valence-corrected chi connectivity index (χ3v) is 2.83. The third kappa shape index (κ3) is 1.80. The highest BCUT2D eigenvalue weighted by molar-refractivity contribution is 6.17. The Morgan fingerprint density at radius 2 is 1.59 bits per heavy atom. The molecule has 0 aliphatic heterocycles. The molecule has 0 bridgehead atoms. The summed E-state index contributed by atoms with van der Waals surface area (Å²) in [6.45, 7) is 3.00. The van der Waals surface area contributed by atoms with Crippen LogP contribution in [0.25, 0.3) is 10.8 Å². The quantitative estimate of drug-likeness (QED) is 0.634. The molecule has 0 saturated carbocycles. The van der Waals surface area contributed by atoms with Gasteiger partial charge in [-0.15, -0.1) is 0 Å². The van der Waals surface area contributed by atoms with Crippen molar-refractivity contribution in [2.75, 3.05) is 5.73 Å². The first-order valence-electron chi connectivity index (χ1n) is 5.35. The van der Waals surface area contributed by atoms with E-state index in [0.29, 0.717) is 22.2 Å². The molecule has 0 radical (unpaired) electrons. The summed E-state index contributed by atoms with van der Waals surface area (Å²) >= 11 is 0. The average Bonchev–Trinajstić information content (AvgIpc) is 2.28. The lowest BCUT2D eigenvalue weighted by atomic mass is 9.95. The normalized spacial score (nSPS) is 10.5. The minimum atomic E-state index is -0.0528. The lowest BCUT2D eigenvalue weighted by molar-refractivity contribution is 0.100. The van der Waals surface area contributed by atoms with E-state index >= 15 is 0 Å². The van der Waals surface area contributed by atoms with Crippen molar-refractivity contribution >= 4 is 28.0 Å². The smallest absolute Gasteiger partial charge is 0.160 e. The molecule has 0 atom stereocenters. The summed E-state index contributed by atoms with van der Waals surface area (Å²) in [5.74, 6) is -0.0845. The maximum absolute atomic E-state index is 11.6. The van der Waals surface area contributed by atoms with Gasteiger partial charge in [0.05, 0.1) is 0 Å². The molecule has 2 aromatic rings. The van der Waals surface area contributed by atoms with Crippen molar-refractivity contribution in [2.24, 2.45) is 0 Å². The zero-order chi connectivity index (χ0) is 12.6. The molecule has 3 nitrogen and oxygen atoms in total. The highest BCUT2D eigenvalue weighted by atomic mass is 16.1. The molecule has 2 rings (SSSR count). The fourth-order valence-electron chi connectivity index (χ4n) is 2.03. The molecule has 0 aromatic heterocycles. The van der Waals surface area contributed by atoms with Crippen LogP contribution in [0.15, 0.2) is 30.3 Å². The monoisotopic (exact) mass is 227 g/mol. The van der Waals surface area contributed by atoms with Gasteiger partial charge in [0.25, 0.3) is 0 Å². The molecule has 0 spiro atoms. The zero-order valence-electron chi connectivity index (χ0n) is 9.78. The van der Waals surface area contributed by atoms with Crippen LogP contribution in [0.3, 0.4) is 0 Å². The number of hydrogen-bond donors (Lipinski definition) is 1. The van der Waals surface area contributed by atoms with E-state index in [0.717, 1.165) is 5.39 Å². The van der Waals surface area contributed by atoms with Crippen LogP contribution in [0.5, 0.6) is 0 Å². The standard InChI is InChI=1S/C14H13NO2/c1-8(16)10-6-7-13(15)14-11(9(2)17)4-3-5-12(10)14/h3-7H,15H2,1-2H3. The van der Waals surface area contributed by atoms with Gasteiger partial charge in [-0.3, -0.25) is 9.59 Å². The van der Waals surface area contributed by atoms with Gasteiger partial charge in [-0.2, -0.15) is 0 Å². The van der Waals surface area contributed by atoms with E-state index in [-0.39, 0.29) is 11.6 Å². The van der Waals surface area contributed by atoms with Crippen LogP contribution in [-0.2, 0) is 0 Å². The van der Waals surface area contributed by atoms with Gasteiger partial charge < -0.3 is 5.73 Å². The van der Waals surface area contributed by atoms with Crippen molar-refractivity contribution in [3.8, 4) is 0 Å². The van der Waals surface area contributed by atoms with E-state index in [1.54, 1.807) is 24.3 Å². The first kappa shape index (κ1) is 11.3. The van der Waals surface area contributed by atoms with Gasteiger partial charge in [0.2, 0.25) is 0 Å². The molecule has 17 heavy (non-hydrogen) atoms. The average molecular weight is 227 g/mol. The number of carbonyl (C=O) groups is 2. The Labute approximate surface area is 99.2 Å². The van der Waals surface area contributed by atoms with E-state index in [4.69, 9.17) is 5.73 Å². The van der Waals surface area contributed by atoms with Gasteiger partial charge in [-0.25, -0.2) is 0 Å². The zero-order valence-corrected chi connectivity index (χ0v) is 9.78. The van der Waals surface area contributed by atoms with Crippen LogP contribution >= 0.6 is 0 Å². The molecule has 0 aliphatic rings. The molecule has 86 valence electrons. The van der Waals surface area contributed by atoms with Crippen LogP contribution in [0.4, 0.5) is 5.69 Å². The van der Waals surface area contributed by atoms with Gasteiger partial charge in [0.15, 0.2) is 11.6 Å². The topological polar surface area (TPSA) is 60.2 Å². The number of ketones is 2. The van der Waals surface area contributed by atoms with Crippen molar-refractivity contribution in [1.82, 2.24) is 0 Å². The molecule has 3 heteroatoms. The van der Waals surface area contributed by atoms with Crippen molar-refractivity contribution in [1.29, 1.82) is 0 Å². The number of fused-ring (bicyclic) bond motifs is 1. The van der Waals surface area contributed by atoms with Crippen molar-refractivity contribution in [3.63, 3.8) is 0 Å². The fourth-order valence-corrected chi connectivity index (χ4v) is 2.03. The van der Waals surface area contributed by atoms with Gasteiger partial charge in [-0.1, -0.05) is 18.2 Å². The van der Waals surface area contributed by atoms with Gasteiger partial charge in [0, 0.05) is 22.2 Å². The van der Waals surface area contributed by atoms with Crippen LogP contribution in [0.1, 0.15) is 34.6 Å². The van der Waals surface area contributed by atoms with Crippen LogP contribution in [-0.4, -0.2) is 11.6 Å². The Hall–Kier alpha value is -2.16. The molecule has 0 aliphatic carbocycles. The summed E-state index contributed by atoms with van der Waals surface area (Å²) in [7, 11) is 0. The largest absolute Gasteiger partial charge is 0.398 e. The summed E-state index contributed by atoms with van der Waals surface area (Å²) in [6.07, 6.45) is 0. The van der Waals surface area contributed by atoms with Crippen LogP contribution in [0.2, 0.25) is 0 Å². The maximum Gasteiger partial charge on any atom is 0.160 e. The Morgan fingerprint density at radius 3 is 2.18 bits per heavy atom. The minimum Gasteiger partial charge on any atom is -0.398 e. The van der Waals surface area contributed by atoms with Gasteiger partial charge >= 0.3 is 0 Å². The van der Waals surface area contributed by atoms with Gasteiger partial charge in [-0.05, 0) is 31.4 Å². The lowest BCUT2D eigenvalue weighted by Gasteiger charge is -2.09. The molecule has 0 unspecified atom stereocenters. The first-order chi connectivity index (χ1) is 8.02. The minimum absolute atomic E-state index is 0.0318. The lowest BCUT2D eigenvalue weighted by Crippen LogP contribution is -2.01. The highest BCUT2D eigenvalue weighted by Gasteiger charge is 2.12. The van der Waals surface area contributed by atoms with E-state index in [9.17, 15) is 9.59 Å². The summed E-state index contributed by atoms with van der Waals surface area (Å²) in [6, 6.07) is 8.68. The third-order valence-electron chi connectivity index (χ3n) is 2.83. The van der Waals surface area contributed by atoms with Crippen molar-refractivity contribution < 1.29 is 9.59 Å². The first-order valence-corrected chi connectivity index (χ1v) is 5.35. The Bertz CT molecular complexity index is 629. The second-order valence-corrected chi connectivity index (χ2v) is 4.04. The molecular weight excluding hydrogens is 214 g/mol. The van der Waals surface area contributed by atoms with E-state index in [2.05, 4.69) is 0 Å². The second kappa shape index (κ2) is 4.01. The molecule has 0 saturated heterocycles. The Kier molecular flexibility index (Phi) is 2.68. The number of nitrogens with two attached hydrogens (primary N) is 1. The fraction of sp³-hybridized carbons (Fsp3) is 0.143. The van der Waals surface area contributed by atoms with Gasteiger partial charge in [0.1, 0.15) is 0 Å². The number of anilines is 1. The number of carbonyl (C=O) groups excluding carboxylic acids is 2. The number of hydrogen-bond acceptors (Lipinski definition) is 3.